The summed E-state index contributed by atoms with van der Waals surface area (Å²) in [5.74, 6) is 0.398. The van der Waals surface area contributed by atoms with Crippen LogP contribution in [-0.4, -0.2) is 27.7 Å². The van der Waals surface area contributed by atoms with Gasteiger partial charge in [-0.2, -0.15) is 0 Å². The van der Waals surface area contributed by atoms with Gasteiger partial charge in [0.2, 0.25) is 0 Å². The van der Waals surface area contributed by atoms with Crippen LogP contribution in [0.5, 0.6) is 5.75 Å². The molecule has 0 fully saturated rings. The Hall–Kier alpha value is -3.67. The molecule has 2 aromatic carbocycles. The van der Waals surface area contributed by atoms with Gasteiger partial charge in [-0.1, -0.05) is 18.2 Å². The summed E-state index contributed by atoms with van der Waals surface area (Å²) in [6.45, 7) is 4.14. The van der Waals surface area contributed by atoms with E-state index in [4.69, 9.17) is 10.5 Å². The number of rotatable bonds is 5. The quantitative estimate of drug-likeness (QED) is 0.376. The van der Waals surface area contributed by atoms with E-state index in [0.717, 1.165) is 38.5 Å². The van der Waals surface area contributed by atoms with Crippen molar-refractivity contribution in [2.45, 2.75) is 26.7 Å². The minimum absolute atomic E-state index is 0.207. The van der Waals surface area contributed by atoms with Crippen molar-refractivity contribution in [3.05, 3.63) is 59.8 Å². The summed E-state index contributed by atoms with van der Waals surface area (Å²) in [4.78, 5) is 20.7. The lowest BCUT2D eigenvalue weighted by molar-refractivity contribution is -0.143. The number of aromatic hydroxyl groups is 1. The molecule has 0 atom stereocenters. The van der Waals surface area contributed by atoms with Crippen molar-refractivity contribution in [1.82, 2.24) is 9.97 Å². The number of phenols is 1. The number of hydrogen-bond donors (Lipinski definition) is 2. The van der Waals surface area contributed by atoms with Gasteiger partial charge in [0.1, 0.15) is 11.3 Å². The molecule has 0 aliphatic carbocycles. The van der Waals surface area contributed by atoms with Gasteiger partial charge >= 0.3 is 5.97 Å². The first-order valence-electron chi connectivity index (χ1n) is 9.89. The maximum atomic E-state index is 11.6. The van der Waals surface area contributed by atoms with Gasteiger partial charge in [0, 0.05) is 29.0 Å². The van der Waals surface area contributed by atoms with Crippen molar-refractivity contribution >= 4 is 33.6 Å². The number of nitrogens with two attached hydrogens (primary N) is 1. The predicted molar refractivity (Wildman–Crippen MR) is 118 cm³/mol. The maximum absolute atomic E-state index is 11.6. The fourth-order valence-corrected chi connectivity index (χ4v) is 3.71. The number of carbonyl (C=O) groups is 1. The molecule has 2 aromatic heterocycles. The van der Waals surface area contributed by atoms with Crippen molar-refractivity contribution in [3.8, 4) is 16.9 Å². The van der Waals surface area contributed by atoms with Gasteiger partial charge in [-0.05, 0) is 61.2 Å². The smallest absolute Gasteiger partial charge is 0.306 e. The number of aromatic nitrogens is 2. The van der Waals surface area contributed by atoms with Crippen LogP contribution in [0.2, 0.25) is 0 Å². The summed E-state index contributed by atoms with van der Waals surface area (Å²) in [7, 11) is 0. The number of anilines is 1. The Morgan fingerprint density at radius 3 is 2.73 bits per heavy atom. The number of ether oxygens (including phenoxy) is 1. The molecule has 0 bridgehead atoms. The Bertz CT molecular complexity index is 1270. The Kier molecular flexibility index (Phi) is 5.23. The van der Waals surface area contributed by atoms with Crippen LogP contribution in [-0.2, 0) is 16.0 Å². The molecule has 0 aliphatic rings. The van der Waals surface area contributed by atoms with E-state index in [2.05, 4.69) is 16.0 Å². The van der Waals surface area contributed by atoms with Crippen LogP contribution in [0.25, 0.3) is 32.9 Å². The molecule has 30 heavy (non-hydrogen) atoms. The first-order chi connectivity index (χ1) is 14.5. The highest BCUT2D eigenvalue weighted by Gasteiger charge is 2.12. The fraction of sp³-hybridized carbons (Fsp3) is 0.208. The maximum Gasteiger partial charge on any atom is 0.306 e. The third kappa shape index (κ3) is 3.76. The normalized spacial score (nSPS) is 11.1. The van der Waals surface area contributed by atoms with E-state index in [1.165, 1.54) is 0 Å². The first kappa shape index (κ1) is 19.6. The van der Waals surface area contributed by atoms with Gasteiger partial charge < -0.3 is 15.6 Å². The Labute approximate surface area is 174 Å². The number of nitrogens with zero attached hydrogens (tertiary/aromatic N) is 2. The second-order valence-electron chi connectivity index (χ2n) is 7.27. The van der Waals surface area contributed by atoms with Gasteiger partial charge in [0.05, 0.1) is 12.1 Å². The number of pyridine rings is 2. The molecule has 6 nitrogen and oxygen atoms in total. The van der Waals surface area contributed by atoms with E-state index in [-0.39, 0.29) is 11.7 Å². The van der Waals surface area contributed by atoms with Crippen molar-refractivity contribution in [1.29, 1.82) is 0 Å². The Morgan fingerprint density at radius 2 is 1.97 bits per heavy atom. The van der Waals surface area contributed by atoms with Crippen LogP contribution in [0.3, 0.4) is 0 Å². The van der Waals surface area contributed by atoms with Crippen molar-refractivity contribution in [3.63, 3.8) is 0 Å². The second kappa shape index (κ2) is 7.99. The molecular weight excluding hydrogens is 378 g/mol. The predicted octanol–water partition coefficient (Wildman–Crippen LogP) is 4.54. The molecule has 0 amide bonds. The molecule has 3 N–H and O–H groups in total. The van der Waals surface area contributed by atoms with E-state index in [1.54, 1.807) is 25.3 Å². The lowest BCUT2D eigenvalue weighted by Crippen LogP contribution is -2.05. The van der Waals surface area contributed by atoms with E-state index >= 15 is 0 Å². The minimum Gasteiger partial charge on any atom is -0.508 e. The largest absolute Gasteiger partial charge is 0.508 e. The van der Waals surface area contributed by atoms with Gasteiger partial charge in [0.15, 0.2) is 5.82 Å². The highest BCUT2D eigenvalue weighted by atomic mass is 16.5. The van der Waals surface area contributed by atoms with Crippen LogP contribution in [0.4, 0.5) is 5.82 Å². The van der Waals surface area contributed by atoms with Gasteiger partial charge in [0.25, 0.3) is 0 Å². The zero-order chi connectivity index (χ0) is 21.3. The highest BCUT2D eigenvalue weighted by Crippen LogP contribution is 2.32. The average Bonchev–Trinajstić information content (AvgIpc) is 2.72. The first-order valence-corrected chi connectivity index (χ1v) is 9.89. The van der Waals surface area contributed by atoms with Gasteiger partial charge in [-0.3, -0.25) is 9.78 Å². The summed E-state index contributed by atoms with van der Waals surface area (Å²) in [6, 6.07) is 13.3. The zero-order valence-corrected chi connectivity index (χ0v) is 17.0. The number of aryl methyl sites for hydroxylation is 2. The number of hydrogen-bond acceptors (Lipinski definition) is 6. The van der Waals surface area contributed by atoms with Gasteiger partial charge in [-0.25, -0.2) is 4.98 Å². The molecule has 2 heterocycles. The van der Waals surface area contributed by atoms with Gasteiger partial charge in [-0.15, -0.1) is 0 Å². The molecule has 0 radical (unpaired) electrons. The summed E-state index contributed by atoms with van der Waals surface area (Å²) >= 11 is 0. The summed E-state index contributed by atoms with van der Waals surface area (Å²) in [6.07, 6.45) is 2.69. The molecule has 4 aromatic rings. The monoisotopic (exact) mass is 401 g/mol. The molecule has 0 spiro atoms. The van der Waals surface area contributed by atoms with E-state index < -0.39 is 0 Å². The topological polar surface area (TPSA) is 98.3 Å². The number of nitrogen functional groups attached to an aromatic ring is 1. The van der Waals surface area contributed by atoms with Crippen LogP contribution >= 0.6 is 0 Å². The number of carbonyl (C=O) groups excluding carboxylic acids is 1. The highest BCUT2D eigenvalue weighted by molar-refractivity contribution is 6.09. The fourth-order valence-electron chi connectivity index (χ4n) is 3.71. The third-order valence-electron chi connectivity index (χ3n) is 5.17. The van der Waals surface area contributed by atoms with E-state index in [0.29, 0.717) is 30.8 Å². The Balaban J connectivity index is 1.78. The molecule has 6 heteroatoms. The molecule has 0 saturated carbocycles. The van der Waals surface area contributed by atoms with Crippen LogP contribution in [0, 0.1) is 6.92 Å². The molecular formula is C24H23N3O3. The average molecular weight is 401 g/mol. The van der Waals surface area contributed by atoms with Crippen LogP contribution in [0.15, 0.2) is 48.7 Å². The zero-order valence-electron chi connectivity index (χ0n) is 17.0. The van der Waals surface area contributed by atoms with Crippen LogP contribution < -0.4 is 5.73 Å². The Morgan fingerprint density at radius 1 is 1.13 bits per heavy atom. The lowest BCUT2D eigenvalue weighted by atomic mass is 9.98. The van der Waals surface area contributed by atoms with E-state index in [1.807, 2.05) is 31.2 Å². The molecule has 0 unspecified atom stereocenters. The standard InChI is InChI=1S/C24H23N3O3/c1-3-30-22(29)9-5-15-4-7-19-20-12-16(18-8-6-17(28)10-14(18)2)13-26-23(20)24(25)27-21(19)11-15/h4,6-8,10-13,28H,3,5,9H2,1-2H3,(H2,25,27). The summed E-state index contributed by atoms with van der Waals surface area (Å²) in [5.41, 5.74) is 11.5. The van der Waals surface area contributed by atoms with Crippen LogP contribution in [0.1, 0.15) is 24.5 Å². The SMILES string of the molecule is CCOC(=O)CCc1ccc2c(c1)nc(N)c1ncc(-c3ccc(O)cc3C)cc12. The van der Waals surface area contributed by atoms with Crippen molar-refractivity contribution in [2.75, 3.05) is 12.3 Å². The van der Waals surface area contributed by atoms with Crippen molar-refractivity contribution in [2.24, 2.45) is 0 Å². The van der Waals surface area contributed by atoms with E-state index in [9.17, 15) is 9.90 Å². The van der Waals surface area contributed by atoms with Crippen molar-refractivity contribution < 1.29 is 14.6 Å². The minimum atomic E-state index is -0.207. The third-order valence-corrected chi connectivity index (χ3v) is 5.17. The molecule has 0 aliphatic heterocycles. The molecule has 0 saturated heterocycles. The molecule has 152 valence electrons. The number of esters is 1. The number of fused-ring (bicyclic) bond motifs is 3. The second-order valence-corrected chi connectivity index (χ2v) is 7.27. The number of benzene rings is 2. The molecule has 4 rings (SSSR count). The summed E-state index contributed by atoms with van der Waals surface area (Å²) < 4.78 is 5.00. The lowest BCUT2D eigenvalue weighted by Gasteiger charge is -2.11. The summed E-state index contributed by atoms with van der Waals surface area (Å²) in [5, 5.41) is 11.6. The number of phenolic OH excluding ortho intramolecular Hbond substituents is 1.